The number of hydrogen-bond donors (Lipinski definition) is 4. The van der Waals surface area contributed by atoms with Crippen LogP contribution < -0.4 is 21.3 Å². The van der Waals surface area contributed by atoms with Gasteiger partial charge in [0.05, 0.1) is 24.7 Å². The van der Waals surface area contributed by atoms with E-state index in [0.717, 1.165) is 28.2 Å². The number of anilines is 3. The molecule has 5 rings (SSSR count). The molecule has 4 N–H and O–H groups in total. The topological polar surface area (TPSA) is 118 Å². The van der Waals surface area contributed by atoms with Gasteiger partial charge in [-0.05, 0) is 87.6 Å². The minimum Gasteiger partial charge on any atom is -0.340 e. The van der Waals surface area contributed by atoms with Crippen molar-refractivity contribution < 1.29 is 14.4 Å². The first-order valence-corrected chi connectivity index (χ1v) is 14.8. The normalized spacial score (nSPS) is 15.7. The van der Waals surface area contributed by atoms with Gasteiger partial charge in [-0.3, -0.25) is 14.6 Å². The van der Waals surface area contributed by atoms with Gasteiger partial charge in [0, 0.05) is 34.7 Å². The Morgan fingerprint density at radius 2 is 1.67 bits per heavy atom. The number of nitrogens with one attached hydrogen (secondary N) is 4. The summed E-state index contributed by atoms with van der Waals surface area (Å²) in [5, 5.41) is 12.2. The zero-order valence-corrected chi connectivity index (χ0v) is 26.1. The maximum Gasteiger partial charge on any atom is 0.318 e. The molecule has 2 aliphatic heterocycles. The van der Waals surface area contributed by atoms with E-state index in [1.807, 2.05) is 61.5 Å². The number of benzene rings is 3. The standard InChI is InChI=1S/C35H39N7O3/c1-6-31(43)37-27-14-10-13-24(19-27)33(44)39-26-17-15-25(16-18-26)38-32-28-21-42(35(2,3)29(28)20-36-32)34(45)40-30(22-41(4)5)23-11-8-7-9-12-23/h6-19,30H,1,20-22H2,2-5H3,(H,36,38)(H,37,43)(H,39,44)(H,40,45)/t30-/m1/s1. The third kappa shape index (κ3) is 7.13. The predicted molar refractivity (Wildman–Crippen MR) is 180 cm³/mol. The van der Waals surface area contributed by atoms with Crippen molar-refractivity contribution in [2.45, 2.75) is 25.4 Å². The summed E-state index contributed by atoms with van der Waals surface area (Å²) >= 11 is 0. The highest BCUT2D eigenvalue weighted by atomic mass is 16.2. The summed E-state index contributed by atoms with van der Waals surface area (Å²) in [5.41, 5.74) is 5.07. The maximum atomic E-state index is 13.7. The highest BCUT2D eigenvalue weighted by Gasteiger charge is 2.45. The van der Waals surface area contributed by atoms with Crippen LogP contribution in [0.15, 0.2) is 108 Å². The van der Waals surface area contributed by atoms with E-state index in [1.54, 1.807) is 36.4 Å². The van der Waals surface area contributed by atoms with Crippen molar-refractivity contribution >= 4 is 40.7 Å². The first kappa shape index (κ1) is 31.2. The summed E-state index contributed by atoms with van der Waals surface area (Å²) in [6, 6.07) is 23.8. The lowest BCUT2D eigenvalue weighted by Gasteiger charge is -2.36. The second-order valence-corrected chi connectivity index (χ2v) is 11.9. The molecule has 3 aromatic rings. The van der Waals surface area contributed by atoms with Gasteiger partial charge in [0.2, 0.25) is 5.91 Å². The van der Waals surface area contributed by atoms with Crippen molar-refractivity contribution in [1.82, 2.24) is 15.1 Å². The van der Waals surface area contributed by atoms with Gasteiger partial charge < -0.3 is 31.1 Å². The van der Waals surface area contributed by atoms with Gasteiger partial charge in [-0.1, -0.05) is 43.0 Å². The highest BCUT2D eigenvalue weighted by molar-refractivity contribution is 6.12. The molecule has 10 nitrogen and oxygen atoms in total. The Morgan fingerprint density at radius 3 is 2.36 bits per heavy atom. The van der Waals surface area contributed by atoms with Gasteiger partial charge in [0.25, 0.3) is 5.91 Å². The van der Waals surface area contributed by atoms with Gasteiger partial charge in [0.15, 0.2) is 0 Å². The number of aliphatic imine (C=N–C) groups is 1. The first-order valence-electron chi connectivity index (χ1n) is 14.8. The fourth-order valence-corrected chi connectivity index (χ4v) is 5.60. The second kappa shape index (κ2) is 13.2. The monoisotopic (exact) mass is 605 g/mol. The lowest BCUT2D eigenvalue weighted by molar-refractivity contribution is -0.111. The molecule has 0 bridgehead atoms. The van der Waals surface area contributed by atoms with E-state index in [2.05, 4.69) is 46.6 Å². The molecule has 0 aliphatic carbocycles. The smallest absolute Gasteiger partial charge is 0.318 e. The predicted octanol–water partition coefficient (Wildman–Crippen LogP) is 5.29. The third-order valence-corrected chi connectivity index (χ3v) is 8.05. The van der Waals surface area contributed by atoms with Crippen molar-refractivity contribution in [3.63, 3.8) is 0 Å². The van der Waals surface area contributed by atoms with E-state index in [-0.39, 0.29) is 23.9 Å². The molecule has 4 amide bonds. The molecule has 3 aromatic carbocycles. The number of carbonyl (C=O) groups is 3. The third-order valence-electron chi connectivity index (χ3n) is 8.05. The lowest BCUT2D eigenvalue weighted by Crippen LogP contribution is -2.52. The summed E-state index contributed by atoms with van der Waals surface area (Å²) < 4.78 is 0. The fourth-order valence-electron chi connectivity index (χ4n) is 5.60. The molecule has 0 fully saturated rings. The Labute approximate surface area is 263 Å². The molecule has 10 heteroatoms. The van der Waals surface area contributed by atoms with Gasteiger partial charge in [-0.15, -0.1) is 0 Å². The van der Waals surface area contributed by atoms with Crippen LogP contribution in [0.2, 0.25) is 0 Å². The Morgan fingerprint density at radius 1 is 0.956 bits per heavy atom. The average Bonchev–Trinajstić information content (AvgIpc) is 3.55. The lowest BCUT2D eigenvalue weighted by atomic mass is 9.94. The number of hydrogen-bond acceptors (Lipinski definition) is 6. The zero-order chi connectivity index (χ0) is 32.1. The first-order chi connectivity index (χ1) is 21.5. The van der Waals surface area contributed by atoms with Crippen LogP contribution in [0.4, 0.5) is 21.9 Å². The largest absolute Gasteiger partial charge is 0.340 e. The van der Waals surface area contributed by atoms with Crippen molar-refractivity contribution in [2.75, 3.05) is 49.7 Å². The molecule has 2 heterocycles. The molecule has 1 atom stereocenters. The van der Waals surface area contributed by atoms with Gasteiger partial charge in [-0.2, -0.15) is 0 Å². The summed E-state index contributed by atoms with van der Waals surface area (Å²) in [6.45, 7) is 9.23. The van der Waals surface area contributed by atoms with Crippen LogP contribution in [-0.4, -0.2) is 72.7 Å². The van der Waals surface area contributed by atoms with Crippen molar-refractivity contribution in [2.24, 2.45) is 4.99 Å². The van der Waals surface area contributed by atoms with Crippen LogP contribution in [0.1, 0.15) is 35.8 Å². The number of nitrogens with zero attached hydrogens (tertiary/aromatic N) is 3. The van der Waals surface area contributed by atoms with E-state index in [4.69, 9.17) is 4.99 Å². The summed E-state index contributed by atoms with van der Waals surface area (Å²) in [7, 11) is 4.00. The molecule has 0 aromatic heterocycles. The van der Waals surface area contributed by atoms with Crippen LogP contribution in [0.5, 0.6) is 0 Å². The maximum absolute atomic E-state index is 13.7. The molecule has 0 unspecified atom stereocenters. The van der Waals surface area contributed by atoms with Gasteiger partial charge in [0.1, 0.15) is 5.84 Å². The number of urea groups is 1. The number of rotatable bonds is 9. The number of carbonyl (C=O) groups excluding carboxylic acids is 3. The molecule has 0 saturated heterocycles. The summed E-state index contributed by atoms with van der Waals surface area (Å²) in [5.74, 6) is 0.0997. The van der Waals surface area contributed by atoms with Gasteiger partial charge >= 0.3 is 6.03 Å². The van der Waals surface area contributed by atoms with Crippen molar-refractivity contribution in [1.29, 1.82) is 0 Å². The molecule has 45 heavy (non-hydrogen) atoms. The minimum atomic E-state index is -0.494. The molecule has 0 saturated carbocycles. The number of amides is 4. The molecular weight excluding hydrogens is 566 g/mol. The average molecular weight is 606 g/mol. The van der Waals surface area contributed by atoms with E-state index >= 15 is 0 Å². The van der Waals surface area contributed by atoms with Crippen LogP contribution >= 0.6 is 0 Å². The van der Waals surface area contributed by atoms with Crippen molar-refractivity contribution in [3.05, 3.63) is 114 Å². The van der Waals surface area contributed by atoms with Crippen LogP contribution in [0.3, 0.4) is 0 Å². The van der Waals surface area contributed by atoms with E-state index < -0.39 is 5.54 Å². The fraction of sp³-hybridized carbons (Fsp3) is 0.257. The van der Waals surface area contributed by atoms with Crippen LogP contribution in [-0.2, 0) is 4.79 Å². The minimum absolute atomic E-state index is 0.113. The Kier molecular flexibility index (Phi) is 9.15. The van der Waals surface area contributed by atoms with Gasteiger partial charge in [-0.25, -0.2) is 4.79 Å². The molecule has 0 spiro atoms. The molecular formula is C35H39N7O3. The molecule has 232 valence electrons. The van der Waals surface area contributed by atoms with Crippen molar-refractivity contribution in [3.8, 4) is 0 Å². The van der Waals surface area contributed by atoms with Crippen LogP contribution in [0, 0.1) is 0 Å². The van der Waals surface area contributed by atoms with E-state index in [9.17, 15) is 14.4 Å². The number of likely N-dealkylation sites (N-methyl/N-ethyl adjacent to an activating group) is 1. The van der Waals surface area contributed by atoms with E-state index in [1.165, 1.54) is 6.08 Å². The number of amidine groups is 1. The Hall–Kier alpha value is -5.22. The second-order valence-electron chi connectivity index (χ2n) is 11.9. The molecule has 2 aliphatic rings. The zero-order valence-electron chi connectivity index (χ0n) is 26.1. The molecule has 0 radical (unpaired) electrons. The SMILES string of the molecule is C=CC(=O)Nc1cccc(C(=O)Nc2ccc(NC3=NCC4=C3CN(C(=O)N[C@H](CN(C)C)c3ccccc3)C4(C)C)cc2)c1. The highest BCUT2D eigenvalue weighted by Crippen LogP contribution is 2.38. The Balaban J connectivity index is 1.22. The van der Waals surface area contributed by atoms with E-state index in [0.29, 0.717) is 36.6 Å². The quantitative estimate of drug-likeness (QED) is 0.247. The Bertz CT molecular complexity index is 1660. The summed E-state index contributed by atoms with van der Waals surface area (Å²) in [4.78, 5) is 46.8. The van der Waals surface area contributed by atoms with Crippen LogP contribution in [0.25, 0.3) is 0 Å². The summed E-state index contributed by atoms with van der Waals surface area (Å²) in [6.07, 6.45) is 1.17.